The van der Waals surface area contributed by atoms with Crippen LogP contribution in [0.2, 0.25) is 0 Å². The third-order valence-corrected chi connectivity index (χ3v) is 2.51. The smallest absolute Gasteiger partial charge is 0.307 e. The lowest BCUT2D eigenvalue weighted by molar-refractivity contribution is -0.215. The van der Waals surface area contributed by atoms with Gasteiger partial charge in [0.15, 0.2) is 11.9 Å². The topological polar surface area (TPSA) is 114 Å². The lowest BCUT2D eigenvalue weighted by atomic mass is 10.1. The van der Waals surface area contributed by atoms with Crippen LogP contribution in [0.1, 0.15) is 27.7 Å². The minimum Gasteiger partial charge on any atom is -0.463 e. The first kappa shape index (κ1) is 18.6. The maximum Gasteiger partial charge on any atom is 0.307 e. The van der Waals surface area contributed by atoms with Crippen molar-refractivity contribution in [2.24, 2.45) is 0 Å². The standard InChI is InChI=1S/C14H18O9/c1-7(15)19-6-13-11(20-8(2)16)5-12(21-9(3)17)14(23-13)22-10(4)18/h5,11,13-14H,6H2,1-4H3. The van der Waals surface area contributed by atoms with Crippen LogP contribution in [0.15, 0.2) is 11.8 Å². The molecule has 128 valence electrons. The van der Waals surface area contributed by atoms with E-state index in [-0.39, 0.29) is 12.4 Å². The summed E-state index contributed by atoms with van der Waals surface area (Å²) >= 11 is 0. The van der Waals surface area contributed by atoms with Crippen LogP contribution in [-0.4, -0.2) is 49.0 Å². The molecule has 0 radical (unpaired) electrons. The Labute approximate surface area is 132 Å². The van der Waals surface area contributed by atoms with E-state index in [2.05, 4.69) is 0 Å². The van der Waals surface area contributed by atoms with Gasteiger partial charge in [0.1, 0.15) is 12.7 Å². The molecule has 0 spiro atoms. The monoisotopic (exact) mass is 330 g/mol. The molecule has 3 atom stereocenters. The molecule has 0 amide bonds. The molecule has 0 saturated heterocycles. The predicted octanol–water partition coefficient (Wildman–Crippen LogP) is 0.216. The molecule has 9 nitrogen and oxygen atoms in total. The average molecular weight is 330 g/mol. The fourth-order valence-electron chi connectivity index (χ4n) is 1.77. The number of rotatable bonds is 5. The number of carbonyl (C=O) groups is 4. The van der Waals surface area contributed by atoms with Crippen molar-refractivity contribution in [3.63, 3.8) is 0 Å². The van der Waals surface area contributed by atoms with Crippen molar-refractivity contribution in [3.8, 4) is 0 Å². The summed E-state index contributed by atoms with van der Waals surface area (Å²) in [5.74, 6) is -2.65. The summed E-state index contributed by atoms with van der Waals surface area (Å²) in [5.41, 5.74) is 0. The van der Waals surface area contributed by atoms with Gasteiger partial charge < -0.3 is 23.7 Å². The van der Waals surface area contributed by atoms with Crippen molar-refractivity contribution < 1.29 is 42.9 Å². The van der Waals surface area contributed by atoms with Crippen molar-refractivity contribution in [2.45, 2.75) is 46.2 Å². The van der Waals surface area contributed by atoms with Crippen LogP contribution in [0.4, 0.5) is 0 Å². The Kier molecular flexibility index (Phi) is 6.70. The Morgan fingerprint density at radius 3 is 2.04 bits per heavy atom. The molecule has 1 rings (SSSR count). The summed E-state index contributed by atoms with van der Waals surface area (Å²) in [6, 6.07) is 0. The van der Waals surface area contributed by atoms with Crippen molar-refractivity contribution >= 4 is 23.9 Å². The molecule has 0 N–H and O–H groups in total. The first-order valence-electron chi connectivity index (χ1n) is 6.72. The van der Waals surface area contributed by atoms with Crippen LogP contribution in [0.3, 0.4) is 0 Å². The van der Waals surface area contributed by atoms with Crippen LogP contribution in [0.5, 0.6) is 0 Å². The molecule has 23 heavy (non-hydrogen) atoms. The number of hydrogen-bond acceptors (Lipinski definition) is 9. The number of esters is 4. The van der Waals surface area contributed by atoms with Crippen molar-refractivity contribution in [1.82, 2.24) is 0 Å². The molecule has 0 fully saturated rings. The molecule has 1 aliphatic heterocycles. The number of carbonyl (C=O) groups excluding carboxylic acids is 4. The highest BCUT2D eigenvalue weighted by Gasteiger charge is 2.38. The third kappa shape index (κ3) is 6.47. The van der Waals surface area contributed by atoms with Gasteiger partial charge in [-0.1, -0.05) is 0 Å². The second kappa shape index (κ2) is 8.28. The average Bonchev–Trinajstić information content (AvgIpc) is 2.38. The quantitative estimate of drug-likeness (QED) is 0.515. The molecule has 0 aromatic carbocycles. The van der Waals surface area contributed by atoms with Gasteiger partial charge in [0.2, 0.25) is 0 Å². The Morgan fingerprint density at radius 2 is 1.57 bits per heavy atom. The first-order valence-corrected chi connectivity index (χ1v) is 6.72. The van der Waals surface area contributed by atoms with Crippen molar-refractivity contribution in [1.29, 1.82) is 0 Å². The van der Waals surface area contributed by atoms with E-state index in [4.69, 9.17) is 23.7 Å². The zero-order chi connectivity index (χ0) is 17.6. The van der Waals surface area contributed by atoms with E-state index in [1.165, 1.54) is 19.9 Å². The van der Waals surface area contributed by atoms with Gasteiger partial charge in [0.05, 0.1) is 0 Å². The number of ether oxygens (including phenoxy) is 5. The molecule has 3 unspecified atom stereocenters. The minimum absolute atomic E-state index is 0.127. The summed E-state index contributed by atoms with van der Waals surface area (Å²) < 4.78 is 25.1. The SMILES string of the molecule is CC(=O)OCC1OC(OC(C)=O)C(OC(C)=O)=CC1OC(C)=O. The maximum absolute atomic E-state index is 11.2. The van der Waals surface area contributed by atoms with Gasteiger partial charge in [-0.15, -0.1) is 0 Å². The predicted molar refractivity (Wildman–Crippen MR) is 72.5 cm³/mol. The largest absolute Gasteiger partial charge is 0.463 e. The van der Waals surface area contributed by atoms with E-state index < -0.39 is 42.4 Å². The first-order chi connectivity index (χ1) is 10.7. The lowest BCUT2D eigenvalue weighted by Gasteiger charge is -2.33. The summed E-state index contributed by atoms with van der Waals surface area (Å²) in [5, 5.41) is 0. The van der Waals surface area contributed by atoms with Crippen LogP contribution in [-0.2, 0) is 42.9 Å². The maximum atomic E-state index is 11.2. The molecule has 0 bridgehead atoms. The van der Waals surface area contributed by atoms with Crippen LogP contribution < -0.4 is 0 Å². The molecule has 0 saturated carbocycles. The van der Waals surface area contributed by atoms with Gasteiger partial charge in [0.25, 0.3) is 6.29 Å². The van der Waals surface area contributed by atoms with Gasteiger partial charge in [-0.3, -0.25) is 19.2 Å². The van der Waals surface area contributed by atoms with Gasteiger partial charge in [-0.2, -0.15) is 0 Å². The Bertz CT molecular complexity index is 522. The zero-order valence-electron chi connectivity index (χ0n) is 13.2. The fraction of sp³-hybridized carbons (Fsp3) is 0.571. The summed E-state index contributed by atoms with van der Waals surface area (Å²) in [6.45, 7) is 4.44. The summed E-state index contributed by atoms with van der Waals surface area (Å²) in [6.07, 6.45) is -1.95. The molecule has 0 aromatic heterocycles. The molecule has 0 aliphatic carbocycles. The van der Waals surface area contributed by atoms with E-state index >= 15 is 0 Å². The van der Waals surface area contributed by atoms with Crippen LogP contribution in [0.25, 0.3) is 0 Å². The Morgan fingerprint density at radius 1 is 0.957 bits per heavy atom. The molecule has 1 heterocycles. The van der Waals surface area contributed by atoms with Gasteiger partial charge in [0, 0.05) is 33.8 Å². The van der Waals surface area contributed by atoms with E-state index in [9.17, 15) is 19.2 Å². The highest BCUT2D eigenvalue weighted by Crippen LogP contribution is 2.24. The molecule has 0 aromatic rings. The normalized spacial score (nSPS) is 23.3. The van der Waals surface area contributed by atoms with Crippen molar-refractivity contribution in [3.05, 3.63) is 11.8 Å². The zero-order valence-corrected chi connectivity index (χ0v) is 13.2. The van der Waals surface area contributed by atoms with E-state index in [0.717, 1.165) is 13.8 Å². The van der Waals surface area contributed by atoms with Crippen LogP contribution in [0, 0.1) is 0 Å². The highest BCUT2D eigenvalue weighted by molar-refractivity contribution is 5.69. The second-order valence-electron chi connectivity index (χ2n) is 4.66. The minimum atomic E-state index is -1.32. The summed E-state index contributed by atoms with van der Waals surface area (Å²) in [7, 11) is 0. The fourth-order valence-corrected chi connectivity index (χ4v) is 1.77. The second-order valence-corrected chi connectivity index (χ2v) is 4.66. The molecular formula is C14H18O9. The molecule has 9 heteroatoms. The Hall–Kier alpha value is -2.42. The molecular weight excluding hydrogens is 312 g/mol. The summed E-state index contributed by atoms with van der Waals surface area (Å²) in [4.78, 5) is 44.4. The van der Waals surface area contributed by atoms with E-state index in [1.54, 1.807) is 0 Å². The molecule has 1 aliphatic rings. The van der Waals surface area contributed by atoms with Crippen LogP contribution >= 0.6 is 0 Å². The van der Waals surface area contributed by atoms with E-state index in [1.807, 2.05) is 0 Å². The van der Waals surface area contributed by atoms with E-state index in [0.29, 0.717) is 0 Å². The highest BCUT2D eigenvalue weighted by atomic mass is 16.7. The van der Waals surface area contributed by atoms with Gasteiger partial charge >= 0.3 is 23.9 Å². The lowest BCUT2D eigenvalue weighted by Crippen LogP contribution is -2.45. The third-order valence-electron chi connectivity index (χ3n) is 2.51. The Balaban J connectivity index is 3.03. The number of hydrogen-bond donors (Lipinski definition) is 0. The van der Waals surface area contributed by atoms with Gasteiger partial charge in [-0.05, 0) is 0 Å². The van der Waals surface area contributed by atoms with Crippen molar-refractivity contribution in [2.75, 3.05) is 6.61 Å². The van der Waals surface area contributed by atoms with Gasteiger partial charge in [-0.25, -0.2) is 0 Å².